The quantitative estimate of drug-likeness (QED) is 0.726. The number of aromatic nitrogens is 1. The summed E-state index contributed by atoms with van der Waals surface area (Å²) < 4.78 is 37.9. The first-order valence-corrected chi connectivity index (χ1v) is 8.99. The standard InChI is InChI=1S/C16H12ClF3N4O3S/c1-15(10-3-2-4-28-10)13(26)24(14(27)23-15)7-11(25)22-12-9(17)5-8(6-21-12)16(18,19)20/h2-6H,7H2,1H3,(H,23,27)(H,21,22,25). The Hall–Kier alpha value is -2.66. The van der Waals surface area contributed by atoms with Crippen molar-refractivity contribution < 1.29 is 27.6 Å². The molecule has 0 bridgehead atoms. The van der Waals surface area contributed by atoms with Gasteiger partial charge in [-0.05, 0) is 24.4 Å². The van der Waals surface area contributed by atoms with Gasteiger partial charge in [0.05, 0.1) is 10.6 Å². The minimum Gasteiger partial charge on any atom is -0.319 e. The number of urea groups is 1. The van der Waals surface area contributed by atoms with Crippen LogP contribution in [-0.4, -0.2) is 34.3 Å². The predicted octanol–water partition coefficient (Wildman–Crippen LogP) is 3.22. The first kappa shape index (κ1) is 20.1. The van der Waals surface area contributed by atoms with E-state index in [4.69, 9.17) is 11.6 Å². The fourth-order valence-corrected chi connectivity index (χ4v) is 3.62. The number of carbonyl (C=O) groups excluding carboxylic acids is 3. The summed E-state index contributed by atoms with van der Waals surface area (Å²) in [6.07, 6.45) is -4.12. The van der Waals surface area contributed by atoms with Crippen LogP contribution in [0.15, 0.2) is 29.8 Å². The smallest absolute Gasteiger partial charge is 0.319 e. The number of thiophene rings is 1. The third-order valence-corrected chi connectivity index (χ3v) is 5.40. The molecule has 148 valence electrons. The second-order valence-electron chi connectivity index (χ2n) is 6.02. The molecule has 3 rings (SSSR count). The molecule has 2 N–H and O–H groups in total. The zero-order valence-electron chi connectivity index (χ0n) is 14.1. The molecule has 3 heterocycles. The molecule has 0 aromatic carbocycles. The van der Waals surface area contributed by atoms with Crippen molar-refractivity contribution in [2.24, 2.45) is 0 Å². The van der Waals surface area contributed by atoms with E-state index in [1.807, 2.05) is 0 Å². The van der Waals surface area contributed by atoms with Crippen LogP contribution in [-0.2, 0) is 21.3 Å². The van der Waals surface area contributed by atoms with Crippen molar-refractivity contribution in [1.29, 1.82) is 0 Å². The van der Waals surface area contributed by atoms with E-state index in [2.05, 4.69) is 15.6 Å². The van der Waals surface area contributed by atoms with Gasteiger partial charge in [-0.2, -0.15) is 13.2 Å². The topological polar surface area (TPSA) is 91.4 Å². The average Bonchev–Trinajstić information content (AvgIpc) is 3.20. The van der Waals surface area contributed by atoms with Gasteiger partial charge in [0.2, 0.25) is 5.91 Å². The maximum atomic E-state index is 12.6. The van der Waals surface area contributed by atoms with Crippen molar-refractivity contribution in [3.05, 3.63) is 45.2 Å². The lowest BCUT2D eigenvalue weighted by molar-refractivity contribution is -0.137. The van der Waals surface area contributed by atoms with Crippen molar-refractivity contribution >= 4 is 46.6 Å². The van der Waals surface area contributed by atoms with E-state index in [0.717, 1.165) is 0 Å². The zero-order valence-corrected chi connectivity index (χ0v) is 15.7. The van der Waals surface area contributed by atoms with Crippen LogP contribution >= 0.6 is 22.9 Å². The van der Waals surface area contributed by atoms with E-state index in [9.17, 15) is 27.6 Å². The third-order valence-electron chi connectivity index (χ3n) is 4.02. The number of hydrogen-bond acceptors (Lipinski definition) is 5. The molecule has 12 heteroatoms. The Bertz CT molecular complexity index is 951. The summed E-state index contributed by atoms with van der Waals surface area (Å²) in [6.45, 7) is 0.871. The molecule has 1 atom stereocenters. The Morgan fingerprint density at radius 1 is 1.43 bits per heavy atom. The van der Waals surface area contributed by atoms with Gasteiger partial charge in [0.1, 0.15) is 6.54 Å². The molecule has 2 aromatic rings. The van der Waals surface area contributed by atoms with Crippen LogP contribution in [0.2, 0.25) is 5.02 Å². The number of nitrogens with zero attached hydrogens (tertiary/aromatic N) is 2. The van der Waals surface area contributed by atoms with Crippen molar-refractivity contribution in [2.75, 3.05) is 11.9 Å². The molecule has 1 fully saturated rings. The van der Waals surface area contributed by atoms with Gasteiger partial charge >= 0.3 is 12.2 Å². The Balaban J connectivity index is 1.72. The lowest BCUT2D eigenvalue weighted by atomic mass is 10.0. The third kappa shape index (κ3) is 3.67. The van der Waals surface area contributed by atoms with E-state index in [1.165, 1.54) is 18.3 Å². The summed E-state index contributed by atoms with van der Waals surface area (Å²) in [5.41, 5.74) is -2.37. The molecule has 1 aliphatic rings. The molecule has 28 heavy (non-hydrogen) atoms. The van der Waals surface area contributed by atoms with E-state index < -0.39 is 46.7 Å². The van der Waals surface area contributed by atoms with Gasteiger partial charge in [0.25, 0.3) is 5.91 Å². The number of carbonyl (C=O) groups is 3. The van der Waals surface area contributed by atoms with Gasteiger partial charge in [-0.25, -0.2) is 9.78 Å². The zero-order chi connectivity index (χ0) is 20.7. The largest absolute Gasteiger partial charge is 0.417 e. The predicted molar refractivity (Wildman–Crippen MR) is 94.8 cm³/mol. The van der Waals surface area contributed by atoms with Crippen LogP contribution in [0, 0.1) is 0 Å². The minimum atomic E-state index is -4.63. The second kappa shape index (κ2) is 7.06. The molecule has 0 radical (unpaired) electrons. The SMILES string of the molecule is CC1(c2cccs2)NC(=O)N(CC(=O)Nc2ncc(C(F)(F)F)cc2Cl)C1=O. The molecule has 0 saturated carbocycles. The second-order valence-corrected chi connectivity index (χ2v) is 7.38. The average molecular weight is 433 g/mol. The molecule has 2 aromatic heterocycles. The summed E-state index contributed by atoms with van der Waals surface area (Å²) in [7, 11) is 0. The van der Waals surface area contributed by atoms with Gasteiger partial charge in [-0.1, -0.05) is 17.7 Å². The molecule has 0 aliphatic carbocycles. The summed E-state index contributed by atoms with van der Waals surface area (Å²) >= 11 is 7.00. The van der Waals surface area contributed by atoms with Crippen molar-refractivity contribution in [3.8, 4) is 0 Å². The Kier molecular flexibility index (Phi) is 5.06. The summed E-state index contributed by atoms with van der Waals surface area (Å²) in [5, 5.41) is 6.05. The molecule has 1 unspecified atom stereocenters. The fraction of sp³-hybridized carbons (Fsp3) is 0.250. The monoisotopic (exact) mass is 432 g/mol. The summed E-state index contributed by atoms with van der Waals surface area (Å²) in [4.78, 5) is 41.8. The Morgan fingerprint density at radius 2 is 2.14 bits per heavy atom. The van der Waals surface area contributed by atoms with Crippen LogP contribution in [0.3, 0.4) is 0 Å². The number of hydrogen-bond donors (Lipinski definition) is 2. The maximum absolute atomic E-state index is 12.6. The highest BCUT2D eigenvalue weighted by Crippen LogP contribution is 2.33. The van der Waals surface area contributed by atoms with E-state index in [0.29, 0.717) is 22.0 Å². The maximum Gasteiger partial charge on any atom is 0.417 e. The molecule has 7 nitrogen and oxygen atoms in total. The summed E-state index contributed by atoms with van der Waals surface area (Å²) in [6, 6.07) is 3.25. The van der Waals surface area contributed by atoms with Crippen molar-refractivity contribution in [1.82, 2.24) is 15.2 Å². The van der Waals surface area contributed by atoms with E-state index in [1.54, 1.807) is 17.5 Å². The van der Waals surface area contributed by atoms with Gasteiger partial charge in [0, 0.05) is 11.1 Å². The Morgan fingerprint density at radius 3 is 2.71 bits per heavy atom. The number of halogens is 4. The van der Waals surface area contributed by atoms with Gasteiger partial charge < -0.3 is 10.6 Å². The van der Waals surface area contributed by atoms with Crippen LogP contribution in [0.1, 0.15) is 17.4 Å². The molecular weight excluding hydrogens is 421 g/mol. The van der Waals surface area contributed by atoms with Crippen LogP contribution in [0.4, 0.5) is 23.8 Å². The van der Waals surface area contributed by atoms with Crippen LogP contribution in [0.25, 0.3) is 0 Å². The minimum absolute atomic E-state index is 0.312. The Labute approximate surface area is 165 Å². The van der Waals surface area contributed by atoms with Crippen LogP contribution in [0.5, 0.6) is 0 Å². The number of alkyl halides is 3. The first-order chi connectivity index (χ1) is 13.0. The number of pyridine rings is 1. The molecule has 1 aliphatic heterocycles. The van der Waals surface area contributed by atoms with Crippen molar-refractivity contribution in [3.63, 3.8) is 0 Å². The highest BCUT2D eigenvalue weighted by Gasteiger charge is 2.50. The highest BCUT2D eigenvalue weighted by atomic mass is 35.5. The normalized spacial score (nSPS) is 19.7. The molecule has 1 saturated heterocycles. The van der Waals surface area contributed by atoms with E-state index >= 15 is 0 Å². The fourth-order valence-electron chi connectivity index (χ4n) is 2.57. The molecule has 0 spiro atoms. The number of anilines is 1. The first-order valence-electron chi connectivity index (χ1n) is 7.73. The number of imide groups is 1. The molecule has 4 amide bonds. The van der Waals surface area contributed by atoms with Gasteiger partial charge in [-0.3, -0.25) is 14.5 Å². The lowest BCUT2D eigenvalue weighted by Gasteiger charge is -2.20. The highest BCUT2D eigenvalue weighted by molar-refractivity contribution is 7.10. The lowest BCUT2D eigenvalue weighted by Crippen LogP contribution is -2.41. The van der Waals surface area contributed by atoms with Crippen molar-refractivity contribution in [2.45, 2.75) is 18.6 Å². The molecular formula is C16H12ClF3N4O3S. The van der Waals surface area contributed by atoms with Crippen LogP contribution < -0.4 is 10.6 Å². The van der Waals surface area contributed by atoms with Gasteiger partial charge in [0.15, 0.2) is 11.4 Å². The van der Waals surface area contributed by atoms with Gasteiger partial charge in [-0.15, -0.1) is 11.3 Å². The summed E-state index contributed by atoms with van der Waals surface area (Å²) in [5.74, 6) is -1.78. The number of rotatable bonds is 4. The number of nitrogens with one attached hydrogen (secondary N) is 2. The van der Waals surface area contributed by atoms with E-state index in [-0.39, 0.29) is 5.82 Å². The number of amides is 4.